The fourth-order valence-corrected chi connectivity index (χ4v) is 4.17. The van der Waals surface area contributed by atoms with E-state index in [2.05, 4.69) is 6.92 Å². The smallest absolute Gasteiger partial charge is 0.0183 e. The third kappa shape index (κ3) is 3.47. The SMILES string of the molecule is CCCC1CCC(N)(C2CCCCCC2)CC1. The normalized spacial score (nSPS) is 36.7. The number of nitrogens with two attached hydrogens (primary N) is 1. The van der Waals surface area contributed by atoms with Gasteiger partial charge in [0.1, 0.15) is 0 Å². The van der Waals surface area contributed by atoms with Gasteiger partial charge in [0.05, 0.1) is 0 Å². The van der Waals surface area contributed by atoms with Gasteiger partial charge in [-0.05, 0) is 50.4 Å². The highest BCUT2D eigenvalue weighted by Crippen LogP contribution is 2.41. The van der Waals surface area contributed by atoms with Crippen LogP contribution in [0, 0.1) is 11.8 Å². The second-order valence-electron chi connectivity index (χ2n) is 6.65. The summed E-state index contributed by atoms with van der Waals surface area (Å²) in [6, 6.07) is 0. The summed E-state index contributed by atoms with van der Waals surface area (Å²) in [6.45, 7) is 2.32. The molecule has 0 aromatic rings. The van der Waals surface area contributed by atoms with Gasteiger partial charge in [-0.15, -0.1) is 0 Å². The molecule has 2 aliphatic rings. The summed E-state index contributed by atoms with van der Waals surface area (Å²) in [6.07, 6.45) is 16.8. The number of hydrogen-bond acceptors (Lipinski definition) is 1. The van der Waals surface area contributed by atoms with Gasteiger partial charge in [-0.2, -0.15) is 0 Å². The lowest BCUT2D eigenvalue weighted by atomic mass is 9.67. The first-order valence-corrected chi connectivity index (χ1v) is 8.03. The lowest BCUT2D eigenvalue weighted by Crippen LogP contribution is -2.49. The van der Waals surface area contributed by atoms with Crippen molar-refractivity contribution < 1.29 is 0 Å². The van der Waals surface area contributed by atoms with E-state index in [1.165, 1.54) is 77.0 Å². The van der Waals surface area contributed by atoms with Crippen molar-refractivity contribution in [3.8, 4) is 0 Å². The molecule has 0 saturated heterocycles. The third-order valence-electron chi connectivity index (χ3n) is 5.40. The Balaban J connectivity index is 1.86. The predicted molar refractivity (Wildman–Crippen MR) is 75.0 cm³/mol. The molecule has 2 rings (SSSR count). The second kappa shape index (κ2) is 6.22. The first-order valence-electron chi connectivity index (χ1n) is 8.03. The minimum absolute atomic E-state index is 0.217. The number of hydrogen-bond donors (Lipinski definition) is 1. The molecule has 2 saturated carbocycles. The van der Waals surface area contributed by atoms with Crippen LogP contribution in [0.1, 0.15) is 84.0 Å². The Morgan fingerprint density at radius 1 is 0.941 bits per heavy atom. The highest BCUT2D eigenvalue weighted by Gasteiger charge is 2.37. The summed E-state index contributed by atoms with van der Waals surface area (Å²) in [7, 11) is 0. The second-order valence-corrected chi connectivity index (χ2v) is 6.65. The van der Waals surface area contributed by atoms with Gasteiger partial charge in [-0.3, -0.25) is 0 Å². The van der Waals surface area contributed by atoms with Crippen molar-refractivity contribution in [1.29, 1.82) is 0 Å². The average Bonchev–Trinajstić information content (AvgIpc) is 2.62. The first kappa shape index (κ1) is 13.4. The summed E-state index contributed by atoms with van der Waals surface area (Å²) in [5.41, 5.74) is 6.98. The molecule has 0 amide bonds. The Morgan fingerprint density at radius 2 is 1.53 bits per heavy atom. The minimum Gasteiger partial charge on any atom is -0.325 e. The number of rotatable bonds is 3. The molecule has 2 N–H and O–H groups in total. The van der Waals surface area contributed by atoms with Crippen molar-refractivity contribution in [2.75, 3.05) is 0 Å². The van der Waals surface area contributed by atoms with Gasteiger partial charge in [0.2, 0.25) is 0 Å². The Hall–Kier alpha value is -0.0400. The molecule has 2 fully saturated rings. The zero-order valence-corrected chi connectivity index (χ0v) is 11.7. The van der Waals surface area contributed by atoms with Gasteiger partial charge in [-0.1, -0.05) is 45.4 Å². The van der Waals surface area contributed by atoms with Gasteiger partial charge in [0.15, 0.2) is 0 Å². The van der Waals surface area contributed by atoms with Crippen LogP contribution in [0.25, 0.3) is 0 Å². The minimum atomic E-state index is 0.217. The quantitative estimate of drug-likeness (QED) is 0.711. The molecular weight excluding hydrogens is 206 g/mol. The molecule has 0 spiro atoms. The zero-order chi connectivity index (χ0) is 12.1. The van der Waals surface area contributed by atoms with E-state index >= 15 is 0 Å². The Kier molecular flexibility index (Phi) is 4.90. The Morgan fingerprint density at radius 3 is 2.06 bits per heavy atom. The van der Waals surface area contributed by atoms with Gasteiger partial charge < -0.3 is 5.73 Å². The fourth-order valence-electron chi connectivity index (χ4n) is 4.17. The van der Waals surface area contributed by atoms with Crippen LogP contribution in [0.3, 0.4) is 0 Å². The van der Waals surface area contributed by atoms with Crippen LogP contribution < -0.4 is 5.73 Å². The highest BCUT2D eigenvalue weighted by atomic mass is 14.8. The van der Waals surface area contributed by atoms with Crippen LogP contribution in [0.2, 0.25) is 0 Å². The maximum absolute atomic E-state index is 6.76. The third-order valence-corrected chi connectivity index (χ3v) is 5.40. The van der Waals surface area contributed by atoms with Gasteiger partial charge >= 0.3 is 0 Å². The molecule has 0 atom stereocenters. The van der Waals surface area contributed by atoms with Crippen LogP contribution in [0.15, 0.2) is 0 Å². The van der Waals surface area contributed by atoms with Crippen molar-refractivity contribution in [3.63, 3.8) is 0 Å². The van der Waals surface area contributed by atoms with Crippen LogP contribution in [-0.4, -0.2) is 5.54 Å². The van der Waals surface area contributed by atoms with E-state index in [9.17, 15) is 0 Å². The van der Waals surface area contributed by atoms with E-state index in [1.807, 2.05) is 0 Å². The monoisotopic (exact) mass is 237 g/mol. The summed E-state index contributed by atoms with van der Waals surface area (Å²) in [5.74, 6) is 1.83. The molecule has 0 bridgehead atoms. The first-order chi connectivity index (χ1) is 8.24. The van der Waals surface area contributed by atoms with E-state index in [4.69, 9.17) is 5.73 Å². The molecule has 0 aromatic carbocycles. The van der Waals surface area contributed by atoms with E-state index in [0.717, 1.165) is 11.8 Å². The zero-order valence-electron chi connectivity index (χ0n) is 11.7. The molecule has 0 unspecified atom stereocenters. The van der Waals surface area contributed by atoms with E-state index in [1.54, 1.807) is 0 Å². The van der Waals surface area contributed by atoms with Crippen molar-refractivity contribution in [3.05, 3.63) is 0 Å². The summed E-state index contributed by atoms with van der Waals surface area (Å²) >= 11 is 0. The van der Waals surface area contributed by atoms with Crippen molar-refractivity contribution in [2.45, 2.75) is 89.5 Å². The topological polar surface area (TPSA) is 26.0 Å². The lowest BCUT2D eigenvalue weighted by Gasteiger charge is -2.43. The van der Waals surface area contributed by atoms with Gasteiger partial charge in [-0.25, -0.2) is 0 Å². The molecule has 1 heteroatoms. The molecule has 17 heavy (non-hydrogen) atoms. The molecule has 1 nitrogen and oxygen atoms in total. The molecule has 0 heterocycles. The molecule has 100 valence electrons. The maximum atomic E-state index is 6.76. The van der Waals surface area contributed by atoms with E-state index in [0.29, 0.717) is 0 Å². The van der Waals surface area contributed by atoms with Crippen LogP contribution in [0.5, 0.6) is 0 Å². The highest BCUT2D eigenvalue weighted by molar-refractivity contribution is 4.95. The maximum Gasteiger partial charge on any atom is 0.0183 e. The predicted octanol–water partition coefficient (Wildman–Crippen LogP) is 4.64. The molecule has 0 aromatic heterocycles. The van der Waals surface area contributed by atoms with E-state index < -0.39 is 0 Å². The molecule has 0 radical (unpaired) electrons. The van der Waals surface area contributed by atoms with E-state index in [-0.39, 0.29) is 5.54 Å². The Labute approximate surface area is 108 Å². The summed E-state index contributed by atoms with van der Waals surface area (Å²) in [4.78, 5) is 0. The summed E-state index contributed by atoms with van der Waals surface area (Å²) < 4.78 is 0. The average molecular weight is 237 g/mol. The standard InChI is InChI=1S/C16H31N/c1-2-7-14-10-12-16(17,13-11-14)15-8-5-3-4-6-9-15/h14-15H,2-13,17H2,1H3. The van der Waals surface area contributed by atoms with Crippen molar-refractivity contribution in [2.24, 2.45) is 17.6 Å². The van der Waals surface area contributed by atoms with Crippen molar-refractivity contribution >= 4 is 0 Å². The molecule has 2 aliphatic carbocycles. The van der Waals surface area contributed by atoms with Crippen molar-refractivity contribution in [1.82, 2.24) is 0 Å². The molecular formula is C16H31N. The van der Waals surface area contributed by atoms with Gasteiger partial charge in [0.25, 0.3) is 0 Å². The van der Waals surface area contributed by atoms with Crippen LogP contribution in [-0.2, 0) is 0 Å². The summed E-state index contributed by atoms with van der Waals surface area (Å²) in [5, 5.41) is 0. The lowest BCUT2D eigenvalue weighted by molar-refractivity contribution is 0.144. The van der Waals surface area contributed by atoms with Crippen LogP contribution >= 0.6 is 0 Å². The van der Waals surface area contributed by atoms with Gasteiger partial charge in [0, 0.05) is 5.54 Å². The van der Waals surface area contributed by atoms with Crippen LogP contribution in [0.4, 0.5) is 0 Å². The largest absolute Gasteiger partial charge is 0.325 e. The molecule has 0 aliphatic heterocycles. The Bertz CT molecular complexity index is 208. The fraction of sp³-hybridized carbons (Fsp3) is 1.00.